The van der Waals surface area contributed by atoms with Gasteiger partial charge in [0.15, 0.2) is 11.5 Å². The van der Waals surface area contributed by atoms with Crippen LogP contribution in [0.4, 0.5) is 5.69 Å². The molecule has 0 amide bonds. The lowest BCUT2D eigenvalue weighted by Gasteiger charge is -1.92. The first kappa shape index (κ1) is 8.04. The van der Waals surface area contributed by atoms with Gasteiger partial charge in [0.2, 0.25) is 0 Å². The van der Waals surface area contributed by atoms with Crippen molar-refractivity contribution in [3.63, 3.8) is 0 Å². The highest BCUT2D eigenvalue weighted by Gasteiger charge is 2.06. The second-order valence-corrected chi connectivity index (χ2v) is 3.39. The molecule has 4 heteroatoms. The van der Waals surface area contributed by atoms with E-state index in [1.807, 2.05) is 18.3 Å². The number of nitrogens with two attached hydrogens (primary N) is 1. The van der Waals surface area contributed by atoms with E-state index in [1.165, 1.54) is 0 Å². The van der Waals surface area contributed by atoms with E-state index in [0.717, 1.165) is 17.2 Å². The number of hydrogen-bond donors (Lipinski definition) is 1. The van der Waals surface area contributed by atoms with Crippen molar-refractivity contribution in [2.45, 2.75) is 19.8 Å². The molecule has 0 radical (unpaired) electrons. The molecular weight excluding hydrogens is 164 g/mol. The molecule has 68 valence electrons. The molecule has 0 unspecified atom stereocenters. The van der Waals surface area contributed by atoms with Gasteiger partial charge in [-0.05, 0) is 6.07 Å². The van der Waals surface area contributed by atoms with Gasteiger partial charge in [-0.3, -0.25) is 0 Å². The molecule has 0 spiro atoms. The van der Waals surface area contributed by atoms with Crippen LogP contribution in [0.1, 0.15) is 25.6 Å². The van der Waals surface area contributed by atoms with Crippen molar-refractivity contribution in [3.8, 4) is 0 Å². The van der Waals surface area contributed by atoms with Crippen LogP contribution in [0.5, 0.6) is 0 Å². The molecule has 0 saturated carbocycles. The van der Waals surface area contributed by atoms with E-state index in [4.69, 9.17) is 5.73 Å². The molecule has 0 aliphatic rings. The third-order valence-electron chi connectivity index (χ3n) is 1.89. The third kappa shape index (κ3) is 1.35. The van der Waals surface area contributed by atoms with Gasteiger partial charge in [0.05, 0.1) is 0 Å². The fourth-order valence-electron chi connectivity index (χ4n) is 1.16. The fourth-order valence-corrected chi connectivity index (χ4v) is 1.16. The number of pyridine rings is 1. The average molecular weight is 176 g/mol. The van der Waals surface area contributed by atoms with Gasteiger partial charge in [-0.2, -0.15) is 5.10 Å². The third-order valence-corrected chi connectivity index (χ3v) is 1.89. The average Bonchev–Trinajstić information content (AvgIpc) is 2.46. The fraction of sp³-hybridized carbons (Fsp3) is 0.333. The van der Waals surface area contributed by atoms with Gasteiger partial charge in [0, 0.05) is 23.9 Å². The Balaban J connectivity index is 2.62. The standard InChI is InChI=1S/C9H12N4/c1-6(2)9-11-8-5-7(10)3-4-13(8)12-9/h3-6H,10H2,1-2H3. The summed E-state index contributed by atoms with van der Waals surface area (Å²) in [5, 5.41) is 4.30. The Morgan fingerprint density at radius 3 is 2.92 bits per heavy atom. The van der Waals surface area contributed by atoms with Crippen molar-refractivity contribution in [2.24, 2.45) is 0 Å². The first-order chi connectivity index (χ1) is 6.16. The van der Waals surface area contributed by atoms with E-state index in [9.17, 15) is 0 Å². The van der Waals surface area contributed by atoms with E-state index < -0.39 is 0 Å². The second kappa shape index (κ2) is 2.73. The molecule has 0 atom stereocenters. The summed E-state index contributed by atoms with van der Waals surface area (Å²) in [6.45, 7) is 4.14. The van der Waals surface area contributed by atoms with Gasteiger partial charge < -0.3 is 5.73 Å². The van der Waals surface area contributed by atoms with Crippen LogP contribution in [-0.2, 0) is 0 Å². The van der Waals surface area contributed by atoms with Crippen LogP contribution in [0.15, 0.2) is 18.3 Å². The minimum atomic E-state index is 0.348. The highest BCUT2D eigenvalue weighted by molar-refractivity contribution is 5.50. The lowest BCUT2D eigenvalue weighted by Crippen LogP contribution is -1.91. The number of aromatic nitrogens is 3. The van der Waals surface area contributed by atoms with E-state index in [-0.39, 0.29) is 0 Å². The van der Waals surface area contributed by atoms with Crippen molar-refractivity contribution in [1.29, 1.82) is 0 Å². The Labute approximate surface area is 76.4 Å². The predicted molar refractivity (Wildman–Crippen MR) is 51.5 cm³/mol. The Bertz CT molecular complexity index is 430. The minimum Gasteiger partial charge on any atom is -0.399 e. The van der Waals surface area contributed by atoms with Crippen LogP contribution >= 0.6 is 0 Å². The summed E-state index contributed by atoms with van der Waals surface area (Å²) in [7, 11) is 0. The zero-order chi connectivity index (χ0) is 9.42. The van der Waals surface area contributed by atoms with Gasteiger partial charge in [0.25, 0.3) is 0 Å². The first-order valence-electron chi connectivity index (χ1n) is 4.28. The number of nitrogens with zero attached hydrogens (tertiary/aromatic N) is 3. The molecule has 2 N–H and O–H groups in total. The van der Waals surface area contributed by atoms with Crippen LogP contribution in [0.2, 0.25) is 0 Å². The molecule has 0 saturated heterocycles. The zero-order valence-electron chi connectivity index (χ0n) is 7.73. The molecule has 2 aromatic heterocycles. The van der Waals surface area contributed by atoms with Gasteiger partial charge >= 0.3 is 0 Å². The van der Waals surface area contributed by atoms with E-state index in [1.54, 1.807) is 4.52 Å². The molecule has 0 aromatic carbocycles. The number of hydrogen-bond acceptors (Lipinski definition) is 3. The van der Waals surface area contributed by atoms with Gasteiger partial charge in [-0.25, -0.2) is 9.50 Å². The van der Waals surface area contributed by atoms with Crippen LogP contribution in [-0.4, -0.2) is 14.6 Å². The molecular formula is C9H12N4. The largest absolute Gasteiger partial charge is 0.399 e. The van der Waals surface area contributed by atoms with Crippen molar-refractivity contribution in [2.75, 3.05) is 5.73 Å². The van der Waals surface area contributed by atoms with Crippen molar-refractivity contribution in [3.05, 3.63) is 24.2 Å². The highest BCUT2D eigenvalue weighted by Crippen LogP contribution is 2.12. The second-order valence-electron chi connectivity index (χ2n) is 3.39. The summed E-state index contributed by atoms with van der Waals surface area (Å²) in [6.07, 6.45) is 1.82. The van der Waals surface area contributed by atoms with Crippen LogP contribution in [0.3, 0.4) is 0 Å². The Morgan fingerprint density at radius 2 is 2.23 bits per heavy atom. The SMILES string of the molecule is CC(C)c1nc2cc(N)ccn2n1. The molecule has 2 heterocycles. The predicted octanol–water partition coefficient (Wildman–Crippen LogP) is 1.43. The van der Waals surface area contributed by atoms with Crippen molar-refractivity contribution in [1.82, 2.24) is 14.6 Å². The topological polar surface area (TPSA) is 56.2 Å². The number of fused-ring (bicyclic) bond motifs is 1. The lowest BCUT2D eigenvalue weighted by molar-refractivity contribution is 0.765. The minimum absolute atomic E-state index is 0.348. The van der Waals surface area contributed by atoms with Gasteiger partial charge in [0.1, 0.15) is 0 Å². The van der Waals surface area contributed by atoms with Gasteiger partial charge in [-0.1, -0.05) is 13.8 Å². The Hall–Kier alpha value is -1.58. The smallest absolute Gasteiger partial charge is 0.157 e. The zero-order valence-corrected chi connectivity index (χ0v) is 7.73. The Kier molecular flexibility index (Phi) is 1.69. The van der Waals surface area contributed by atoms with Crippen LogP contribution in [0, 0.1) is 0 Å². The normalized spacial score (nSPS) is 11.3. The first-order valence-corrected chi connectivity index (χ1v) is 4.28. The van der Waals surface area contributed by atoms with E-state index >= 15 is 0 Å². The van der Waals surface area contributed by atoms with E-state index in [2.05, 4.69) is 23.9 Å². The molecule has 13 heavy (non-hydrogen) atoms. The van der Waals surface area contributed by atoms with Gasteiger partial charge in [-0.15, -0.1) is 0 Å². The quantitative estimate of drug-likeness (QED) is 0.715. The highest BCUT2D eigenvalue weighted by atomic mass is 15.3. The van der Waals surface area contributed by atoms with Crippen LogP contribution in [0.25, 0.3) is 5.65 Å². The molecule has 2 rings (SSSR count). The lowest BCUT2D eigenvalue weighted by atomic mass is 10.2. The monoisotopic (exact) mass is 176 g/mol. The maximum atomic E-state index is 5.63. The van der Waals surface area contributed by atoms with Crippen molar-refractivity contribution < 1.29 is 0 Å². The molecule has 0 bridgehead atoms. The van der Waals surface area contributed by atoms with Crippen LogP contribution < -0.4 is 5.73 Å². The summed E-state index contributed by atoms with van der Waals surface area (Å²) in [4.78, 5) is 4.34. The molecule has 2 aromatic rings. The summed E-state index contributed by atoms with van der Waals surface area (Å²) in [5.41, 5.74) is 7.15. The maximum Gasteiger partial charge on any atom is 0.157 e. The summed E-state index contributed by atoms with van der Waals surface area (Å²) >= 11 is 0. The Morgan fingerprint density at radius 1 is 1.46 bits per heavy atom. The molecule has 0 fully saturated rings. The molecule has 0 aliphatic heterocycles. The maximum absolute atomic E-state index is 5.63. The summed E-state index contributed by atoms with van der Waals surface area (Å²) in [6, 6.07) is 3.63. The number of nitrogen functional groups attached to an aromatic ring is 1. The number of anilines is 1. The summed E-state index contributed by atoms with van der Waals surface area (Å²) in [5.74, 6) is 1.20. The van der Waals surface area contributed by atoms with Crippen molar-refractivity contribution >= 4 is 11.3 Å². The van der Waals surface area contributed by atoms with E-state index in [0.29, 0.717) is 5.92 Å². The molecule has 0 aliphatic carbocycles. The number of rotatable bonds is 1. The molecule has 4 nitrogen and oxygen atoms in total. The summed E-state index contributed by atoms with van der Waals surface area (Å²) < 4.78 is 1.74.